The maximum atomic E-state index is 12.1. The van der Waals surface area contributed by atoms with Crippen molar-refractivity contribution in [3.8, 4) is 5.75 Å². The molecule has 0 heterocycles. The molecule has 0 radical (unpaired) electrons. The zero-order valence-corrected chi connectivity index (χ0v) is 25.4. The molecule has 0 fully saturated rings. The first-order valence-electron chi connectivity index (χ1n) is 13.7. The number of hydrogen-bond donors (Lipinski definition) is 6. The Balaban J connectivity index is 0.000000542. The molecule has 230 valence electrons. The Bertz CT molecular complexity index is 1410. The van der Waals surface area contributed by atoms with Crippen molar-refractivity contribution in [1.82, 2.24) is 0 Å². The number of nitrogens with one attached hydrogen (secondary N) is 1. The van der Waals surface area contributed by atoms with Crippen molar-refractivity contribution in [1.29, 1.82) is 0 Å². The quantitative estimate of drug-likeness (QED) is 0.0840. The van der Waals surface area contributed by atoms with Gasteiger partial charge in [0.25, 0.3) is 0 Å². The van der Waals surface area contributed by atoms with Gasteiger partial charge >= 0.3 is 12.1 Å². The summed E-state index contributed by atoms with van der Waals surface area (Å²) in [7, 11) is 0. The van der Waals surface area contributed by atoms with Gasteiger partial charge in [0.15, 0.2) is 0 Å². The third-order valence-corrected chi connectivity index (χ3v) is 6.46. The number of hydrogen-bond acceptors (Lipinski definition) is 5. The maximum absolute atomic E-state index is 12.1. The Hall–Kier alpha value is -5.05. The molecule has 8 N–H and O–H groups in total. The highest BCUT2D eigenvalue weighted by atomic mass is 16.4. The number of aromatic carboxylic acids is 1. The lowest BCUT2D eigenvalue weighted by atomic mass is 9.72. The van der Waals surface area contributed by atoms with Crippen molar-refractivity contribution in [3.05, 3.63) is 113 Å². The molecule has 43 heavy (non-hydrogen) atoms. The van der Waals surface area contributed by atoms with Gasteiger partial charge in [-0.15, -0.1) is 0 Å². The van der Waals surface area contributed by atoms with Crippen LogP contribution in [0.3, 0.4) is 0 Å². The Morgan fingerprint density at radius 1 is 0.953 bits per heavy atom. The zero-order chi connectivity index (χ0) is 32.6. The van der Waals surface area contributed by atoms with Gasteiger partial charge in [-0.3, -0.25) is 4.79 Å². The van der Waals surface area contributed by atoms with Gasteiger partial charge in [-0.1, -0.05) is 67.5 Å². The lowest BCUT2D eigenvalue weighted by molar-refractivity contribution is -0.111. The summed E-state index contributed by atoms with van der Waals surface area (Å²) in [5, 5.41) is 27.7. The lowest BCUT2D eigenvalue weighted by Gasteiger charge is -2.32. The molecule has 0 bridgehead atoms. The van der Waals surface area contributed by atoms with E-state index in [1.54, 1.807) is 48.5 Å². The number of anilines is 2. The highest BCUT2D eigenvalue weighted by Gasteiger charge is 2.26. The second-order valence-corrected chi connectivity index (χ2v) is 10.7. The second-order valence-electron chi connectivity index (χ2n) is 10.7. The fraction of sp³-hybridized carbons (Fsp3) is 0.265. The third kappa shape index (κ3) is 14.4. The van der Waals surface area contributed by atoms with Gasteiger partial charge in [-0.05, 0) is 93.0 Å². The molecule has 0 aliphatic heterocycles. The van der Waals surface area contributed by atoms with E-state index >= 15 is 0 Å². The molecule has 2 amide bonds. The molecule has 3 rings (SSSR count). The number of allylic oxidation sites excluding steroid dienone is 9. The van der Waals surface area contributed by atoms with Crippen LogP contribution in [0.1, 0.15) is 64.2 Å². The molecule has 0 saturated carbocycles. The number of aromatic hydroxyl groups is 1. The first-order chi connectivity index (χ1) is 20.1. The fourth-order valence-corrected chi connectivity index (χ4v) is 4.30. The number of nitrogen functional groups attached to an aromatic ring is 1. The van der Waals surface area contributed by atoms with E-state index in [1.807, 2.05) is 19.1 Å². The number of phenols is 1. The lowest BCUT2D eigenvalue weighted by Crippen LogP contribution is -2.19. The van der Waals surface area contributed by atoms with E-state index < -0.39 is 12.1 Å². The van der Waals surface area contributed by atoms with E-state index in [1.165, 1.54) is 42.0 Å². The normalized spacial score (nSPS) is 14.8. The number of carboxylic acids is 1. The summed E-state index contributed by atoms with van der Waals surface area (Å²) < 4.78 is 0. The van der Waals surface area contributed by atoms with Crippen molar-refractivity contribution in [3.63, 3.8) is 0 Å². The molecule has 0 aromatic heterocycles. The van der Waals surface area contributed by atoms with Crippen LogP contribution in [-0.2, 0) is 4.79 Å². The van der Waals surface area contributed by atoms with Crippen LogP contribution in [-0.4, -0.2) is 33.3 Å². The van der Waals surface area contributed by atoms with Crippen molar-refractivity contribution in [2.24, 2.45) is 11.1 Å². The smallest absolute Gasteiger partial charge is 0.402 e. The number of para-hydroxylation sites is 1. The Morgan fingerprint density at radius 3 is 2.09 bits per heavy atom. The largest absolute Gasteiger partial charge is 0.508 e. The standard InChI is InChI=1S/C26H33NO2.C7H7NO2.CH3NO2/c1-19(11-16-24-21(3)10-7-17-26(24,4)5)8-6-9-20(2)18-25(29)27-22-12-14-23(28)15-13-22;8-6-4-2-1-3-5(6)7(9)10;2-1(3)4/h6,8-9,11-16,18,28H,7,10,17H2,1-5H3,(H,27,29);1-4H,8H2,(H,9,10);2H2,(H,3,4). The summed E-state index contributed by atoms with van der Waals surface area (Å²) in [6.07, 6.45) is 14.3. The summed E-state index contributed by atoms with van der Waals surface area (Å²) in [6, 6.07) is 12.8. The highest BCUT2D eigenvalue weighted by molar-refractivity contribution is 6.00. The summed E-state index contributed by atoms with van der Waals surface area (Å²) in [5.74, 6) is -1.01. The number of nitrogens with two attached hydrogens (primary N) is 2. The molecule has 0 unspecified atom stereocenters. The van der Waals surface area contributed by atoms with Crippen LogP contribution in [0.15, 0.2) is 107 Å². The van der Waals surface area contributed by atoms with Crippen molar-refractivity contribution in [2.75, 3.05) is 11.1 Å². The van der Waals surface area contributed by atoms with Gasteiger partial charge in [0, 0.05) is 17.5 Å². The van der Waals surface area contributed by atoms with E-state index in [2.05, 4.69) is 57.0 Å². The van der Waals surface area contributed by atoms with E-state index in [9.17, 15) is 14.7 Å². The molecule has 0 saturated heterocycles. The van der Waals surface area contributed by atoms with Gasteiger partial charge in [0.05, 0.1) is 5.56 Å². The molecule has 2 aromatic rings. The minimum atomic E-state index is -1.33. The molecule has 0 atom stereocenters. The highest BCUT2D eigenvalue weighted by Crippen LogP contribution is 2.40. The number of carbonyl (C=O) groups is 3. The first kappa shape index (κ1) is 36.0. The average molecular weight is 590 g/mol. The second kappa shape index (κ2) is 17.7. The topological polar surface area (TPSA) is 176 Å². The number of rotatable bonds is 7. The number of carbonyl (C=O) groups excluding carboxylic acids is 1. The van der Waals surface area contributed by atoms with E-state index in [-0.39, 0.29) is 22.6 Å². The molecule has 9 heteroatoms. The molecule has 1 aliphatic rings. The van der Waals surface area contributed by atoms with Gasteiger partial charge < -0.3 is 32.1 Å². The average Bonchev–Trinajstić information content (AvgIpc) is 2.89. The van der Waals surface area contributed by atoms with Gasteiger partial charge in [0.2, 0.25) is 5.91 Å². The number of primary amides is 1. The van der Waals surface area contributed by atoms with E-state index in [0.717, 1.165) is 5.57 Å². The fourth-order valence-electron chi connectivity index (χ4n) is 4.30. The van der Waals surface area contributed by atoms with Crippen LogP contribution < -0.4 is 16.8 Å². The SMILES string of the molecule is CC(C=CC1=C(C)CCCC1(C)C)=CC=CC(C)=CC(=O)Nc1ccc(O)cc1.NC(=O)O.Nc1ccccc1C(=O)O. The van der Waals surface area contributed by atoms with Crippen LogP contribution in [0.2, 0.25) is 0 Å². The van der Waals surface area contributed by atoms with Crippen molar-refractivity contribution >= 4 is 29.3 Å². The Morgan fingerprint density at radius 2 is 1.56 bits per heavy atom. The molecule has 0 spiro atoms. The van der Waals surface area contributed by atoms with Gasteiger partial charge in [-0.2, -0.15) is 0 Å². The van der Waals surface area contributed by atoms with Crippen molar-refractivity contribution < 1.29 is 29.7 Å². The summed E-state index contributed by atoms with van der Waals surface area (Å²) >= 11 is 0. The Kier molecular flexibility index (Phi) is 14.8. The van der Waals surface area contributed by atoms with Gasteiger partial charge in [-0.25, -0.2) is 9.59 Å². The molecule has 1 aliphatic carbocycles. The Labute approximate surface area is 253 Å². The van der Waals surface area contributed by atoms with Crippen LogP contribution in [0.5, 0.6) is 5.75 Å². The number of benzene rings is 2. The third-order valence-electron chi connectivity index (χ3n) is 6.46. The molecule has 9 nitrogen and oxygen atoms in total. The minimum Gasteiger partial charge on any atom is -0.508 e. The van der Waals surface area contributed by atoms with Crippen molar-refractivity contribution in [2.45, 2.75) is 53.9 Å². The molecular formula is C34H43N3O6. The van der Waals surface area contributed by atoms with Crippen LogP contribution >= 0.6 is 0 Å². The predicted molar refractivity (Wildman–Crippen MR) is 173 cm³/mol. The first-order valence-corrected chi connectivity index (χ1v) is 13.7. The summed E-state index contributed by atoms with van der Waals surface area (Å²) in [4.78, 5) is 31.2. The molecule has 2 aromatic carbocycles. The number of phenolic OH excluding ortho intramolecular Hbond substituents is 1. The summed E-state index contributed by atoms with van der Waals surface area (Å²) in [5.41, 5.74) is 15.7. The van der Waals surface area contributed by atoms with Gasteiger partial charge in [0.1, 0.15) is 5.75 Å². The number of amides is 2. The number of carboxylic acid groups (broad SMARTS) is 2. The zero-order valence-electron chi connectivity index (χ0n) is 25.4. The molecular weight excluding hydrogens is 546 g/mol. The predicted octanol–water partition coefficient (Wildman–Crippen LogP) is 7.45. The van der Waals surface area contributed by atoms with E-state index in [0.29, 0.717) is 11.4 Å². The van der Waals surface area contributed by atoms with E-state index in [4.69, 9.17) is 20.7 Å². The van der Waals surface area contributed by atoms with Crippen LogP contribution in [0.25, 0.3) is 0 Å². The summed E-state index contributed by atoms with van der Waals surface area (Å²) in [6.45, 7) is 10.9. The maximum Gasteiger partial charge on any atom is 0.402 e. The monoisotopic (exact) mass is 589 g/mol. The van der Waals surface area contributed by atoms with Crippen LogP contribution in [0.4, 0.5) is 16.2 Å². The minimum absolute atomic E-state index is 0.155. The van der Waals surface area contributed by atoms with Crippen LogP contribution in [0, 0.1) is 5.41 Å².